The molecule has 2 aliphatic carbocycles. The van der Waals surface area contributed by atoms with Crippen molar-refractivity contribution in [3.63, 3.8) is 0 Å². The van der Waals surface area contributed by atoms with E-state index in [2.05, 4.69) is 78.4 Å². The Balaban J connectivity index is 0.00000104. The van der Waals surface area contributed by atoms with E-state index >= 15 is 0 Å². The van der Waals surface area contributed by atoms with E-state index in [4.69, 9.17) is 4.99 Å². The molecule has 5 heteroatoms. The van der Waals surface area contributed by atoms with Gasteiger partial charge in [-0.3, -0.25) is 0 Å². The van der Waals surface area contributed by atoms with Gasteiger partial charge in [0, 0.05) is 0 Å². The number of hydrogen-bond donors (Lipinski definition) is 0. The zero-order valence-corrected chi connectivity index (χ0v) is 19.0. The maximum atomic E-state index is 5.10. The quantitative estimate of drug-likeness (QED) is 0.324. The third-order valence-corrected chi connectivity index (χ3v) is 9.17. The van der Waals surface area contributed by atoms with E-state index in [0.29, 0.717) is 0 Å². The number of alkyl halides is 1. The van der Waals surface area contributed by atoms with Crippen molar-refractivity contribution in [3.05, 3.63) is 66.5 Å². The summed E-state index contributed by atoms with van der Waals surface area (Å²) < 4.78 is 1.46. The third kappa shape index (κ3) is 3.65. The van der Waals surface area contributed by atoms with E-state index in [9.17, 15) is 0 Å². The minimum atomic E-state index is -0.808. The number of halogens is 3. The summed E-state index contributed by atoms with van der Waals surface area (Å²) in [4.78, 5) is 5.10. The number of nitrogens with zero attached hydrogens (tertiary/aromatic N) is 1. The Kier molecular flexibility index (Phi) is 6.35. The van der Waals surface area contributed by atoms with Gasteiger partial charge in [-0.05, 0) is 0 Å². The van der Waals surface area contributed by atoms with Crippen LogP contribution in [0, 0.1) is 6.92 Å². The molecular weight excluding hydrogens is 484 g/mol. The van der Waals surface area contributed by atoms with Crippen molar-refractivity contribution in [3.8, 4) is 0 Å². The molecule has 1 nitrogen and oxygen atoms in total. The number of fused-ring (bicyclic) bond motifs is 2. The first-order valence-corrected chi connectivity index (χ1v) is 10.7. The molecule has 0 spiro atoms. The fourth-order valence-electron chi connectivity index (χ4n) is 3.23. The van der Waals surface area contributed by atoms with Crippen LogP contribution in [0.1, 0.15) is 30.0 Å². The molecule has 24 heavy (non-hydrogen) atoms. The van der Waals surface area contributed by atoms with Crippen molar-refractivity contribution in [1.29, 1.82) is 0 Å². The van der Waals surface area contributed by atoms with Crippen molar-refractivity contribution in [2.75, 3.05) is 0 Å². The molecule has 1 atom stereocenters. The molecule has 0 saturated heterocycles. The Morgan fingerprint density at radius 3 is 2.71 bits per heavy atom. The van der Waals surface area contributed by atoms with E-state index < -0.39 is 23.2 Å². The molecule has 0 bridgehead atoms. The third-order valence-electron chi connectivity index (χ3n) is 4.30. The summed E-state index contributed by atoms with van der Waals surface area (Å²) in [6, 6.07) is 2.25. The fraction of sp³-hybridized carbons (Fsp3) is 0.211. The van der Waals surface area contributed by atoms with Crippen molar-refractivity contribution >= 4 is 34.2 Å². The molecule has 1 unspecified atom stereocenters. The van der Waals surface area contributed by atoms with E-state index in [-0.39, 0.29) is 27.0 Å². The van der Waals surface area contributed by atoms with Crippen molar-refractivity contribution < 1.29 is 48.0 Å². The maximum absolute atomic E-state index is 5.10. The zero-order chi connectivity index (χ0) is 15.3. The first kappa shape index (κ1) is 20.1. The smallest absolute Gasteiger partial charge is 1.00 e. The summed E-state index contributed by atoms with van der Waals surface area (Å²) >= 11 is 3.12. The Morgan fingerprint density at radius 2 is 2.00 bits per heavy atom. The van der Waals surface area contributed by atoms with Gasteiger partial charge in [-0.25, -0.2) is 0 Å². The van der Waals surface area contributed by atoms with Crippen LogP contribution in [0.2, 0.25) is 0 Å². The van der Waals surface area contributed by atoms with Crippen molar-refractivity contribution in [1.82, 2.24) is 0 Å². The van der Waals surface area contributed by atoms with Gasteiger partial charge in [0.15, 0.2) is 0 Å². The Hall–Kier alpha value is -0.207. The van der Waals surface area contributed by atoms with E-state index in [1.807, 2.05) is 0 Å². The minimum Gasteiger partial charge on any atom is -1.00 e. The van der Waals surface area contributed by atoms with Gasteiger partial charge in [-0.2, -0.15) is 0 Å². The molecule has 0 fully saturated rings. The summed E-state index contributed by atoms with van der Waals surface area (Å²) in [5.74, 6) is 0. The van der Waals surface area contributed by atoms with E-state index in [1.165, 1.54) is 27.5 Å². The Bertz CT molecular complexity index is 928. The standard InChI is InChI=1S/C14H11BrN.C5H5.2ClH.Zr/c1-8-5-10-7-13-11(3-4-14(15)16-13)9(2)12(10)6-8;1-2-4-5-3-1;;;/h3-7H,1-2H3;1-3H,4H2;2*1H;/q;;;;+2/p-2. The number of benzene rings is 1. The minimum absolute atomic E-state index is 0. The van der Waals surface area contributed by atoms with Crippen LogP contribution in [-0.4, -0.2) is 2.16 Å². The van der Waals surface area contributed by atoms with Crippen LogP contribution in [0.5, 0.6) is 0 Å². The molecule has 0 saturated carbocycles. The van der Waals surface area contributed by atoms with Crippen LogP contribution in [0.4, 0.5) is 0 Å². The largest absolute Gasteiger partial charge is 1.00 e. The van der Waals surface area contributed by atoms with E-state index in [1.54, 1.807) is 3.28 Å². The van der Waals surface area contributed by atoms with Crippen LogP contribution in [0.3, 0.4) is 0 Å². The van der Waals surface area contributed by atoms with Crippen LogP contribution >= 0.6 is 15.9 Å². The molecular formula is C19H16BrCl2NZr. The fourth-order valence-corrected chi connectivity index (χ4v) is 7.99. The van der Waals surface area contributed by atoms with Gasteiger partial charge in [0.25, 0.3) is 0 Å². The summed E-state index contributed by atoms with van der Waals surface area (Å²) in [6.07, 6.45) is 16.9. The average Bonchev–Trinajstić information content (AvgIpc) is 3.07. The second kappa shape index (κ2) is 7.58. The number of allylic oxidation sites excluding steroid dienone is 5. The van der Waals surface area contributed by atoms with E-state index in [0.717, 1.165) is 11.8 Å². The molecule has 3 aliphatic rings. The second-order valence-electron chi connectivity index (χ2n) is 6.04. The first-order valence-electron chi connectivity index (χ1n) is 7.50. The molecule has 0 N–H and O–H groups in total. The molecule has 0 amide bonds. The monoisotopic (exact) mass is 497 g/mol. The van der Waals surface area contributed by atoms with Crippen LogP contribution < -0.4 is 35.4 Å². The normalized spacial score (nSPS) is 22.0. The number of hydrogen-bond acceptors (Lipinski definition) is 1. The predicted molar refractivity (Wildman–Crippen MR) is 92.6 cm³/mol. The van der Waals surface area contributed by atoms with Crippen molar-refractivity contribution in [2.45, 2.75) is 22.4 Å². The van der Waals surface area contributed by atoms with Gasteiger partial charge in [0.2, 0.25) is 0 Å². The molecule has 1 aromatic carbocycles. The summed E-state index contributed by atoms with van der Waals surface area (Å²) in [5.41, 5.74) is 5.27. The van der Waals surface area contributed by atoms with Gasteiger partial charge >= 0.3 is 151 Å². The number of rotatable bonds is 2. The zero-order valence-electron chi connectivity index (χ0n) is 13.4. The molecule has 122 valence electrons. The van der Waals surface area contributed by atoms with Gasteiger partial charge in [0.05, 0.1) is 0 Å². The Morgan fingerprint density at radius 1 is 1.21 bits per heavy atom. The van der Waals surface area contributed by atoms with Gasteiger partial charge in [0.1, 0.15) is 0 Å². The summed E-state index contributed by atoms with van der Waals surface area (Å²) in [7, 11) is 0. The van der Waals surface area contributed by atoms with Crippen LogP contribution in [0.15, 0.2) is 44.2 Å². The second-order valence-corrected chi connectivity index (χ2v) is 13.1. The molecule has 1 aromatic rings. The van der Waals surface area contributed by atoms with Gasteiger partial charge in [-0.1, -0.05) is 0 Å². The van der Waals surface area contributed by atoms with Gasteiger partial charge in [-0.15, -0.1) is 0 Å². The predicted octanol–water partition coefficient (Wildman–Crippen LogP) is -2.18. The first-order chi connectivity index (χ1) is 10.5. The molecule has 1 aliphatic heterocycles. The molecule has 0 aromatic heterocycles. The summed E-state index contributed by atoms with van der Waals surface area (Å²) in [6.45, 7) is 4.37. The summed E-state index contributed by atoms with van der Waals surface area (Å²) in [5, 5.41) is 2.50. The maximum Gasteiger partial charge on any atom is -1.00 e. The SMILES string of the molecule is CC1=Cc2cc3c(c(C)c2=C1)C=C[C](Br)([Zr+2][C]1=CC=CC1)N=3.[Cl-].[Cl-]. The van der Waals surface area contributed by atoms with Gasteiger partial charge < -0.3 is 24.8 Å². The van der Waals surface area contributed by atoms with Crippen molar-refractivity contribution in [2.24, 2.45) is 4.99 Å². The van der Waals surface area contributed by atoms with Crippen LogP contribution in [-0.2, 0) is 23.2 Å². The Labute approximate surface area is 174 Å². The molecule has 4 rings (SSSR count). The van der Waals surface area contributed by atoms with Crippen LogP contribution in [0.25, 0.3) is 18.2 Å². The molecule has 1 heterocycles. The molecule has 0 radical (unpaired) electrons. The average molecular weight is 500 g/mol. The topological polar surface area (TPSA) is 12.4 Å².